The average molecular weight is 361 g/mol. The van der Waals surface area contributed by atoms with E-state index in [1.165, 1.54) is 0 Å². The number of methoxy groups -OCH3 is 1. The predicted octanol–water partition coefficient (Wildman–Crippen LogP) is 0.887. The van der Waals surface area contributed by atoms with Gasteiger partial charge in [-0.1, -0.05) is 0 Å². The Balaban J connectivity index is 1.45. The summed E-state index contributed by atoms with van der Waals surface area (Å²) in [6.45, 7) is 3.70. The van der Waals surface area contributed by atoms with Crippen molar-refractivity contribution in [2.45, 2.75) is 25.3 Å². The van der Waals surface area contributed by atoms with Crippen LogP contribution >= 0.6 is 0 Å². The van der Waals surface area contributed by atoms with Gasteiger partial charge in [0.15, 0.2) is 0 Å². The first-order valence-corrected chi connectivity index (χ1v) is 9.22. The predicted molar refractivity (Wildman–Crippen MR) is 97.3 cm³/mol. The van der Waals surface area contributed by atoms with Crippen molar-refractivity contribution in [2.24, 2.45) is 0 Å². The van der Waals surface area contributed by atoms with E-state index < -0.39 is 0 Å². The third-order valence-corrected chi connectivity index (χ3v) is 4.96. The Labute approximate surface area is 154 Å². The van der Waals surface area contributed by atoms with Crippen molar-refractivity contribution in [2.75, 3.05) is 46.4 Å². The highest BCUT2D eigenvalue weighted by atomic mass is 16.5. The second-order valence-corrected chi connectivity index (χ2v) is 6.67. The Hall–Kier alpha value is -2.28. The molecule has 2 heterocycles. The molecule has 0 aliphatic carbocycles. The Morgan fingerprint density at radius 1 is 1.23 bits per heavy atom. The van der Waals surface area contributed by atoms with Crippen LogP contribution in [0.2, 0.25) is 0 Å². The van der Waals surface area contributed by atoms with Crippen molar-refractivity contribution in [3.8, 4) is 11.5 Å². The SMILES string of the molecule is COc1ccc(OCCC(=O)N2CCCC(N3CCNCC3=O)C2)cc1. The number of hydrogen-bond donors (Lipinski definition) is 1. The molecule has 1 atom stereocenters. The molecule has 2 fully saturated rings. The van der Waals surface area contributed by atoms with Gasteiger partial charge < -0.3 is 24.6 Å². The van der Waals surface area contributed by atoms with Crippen LogP contribution in [0.4, 0.5) is 0 Å². The number of nitrogens with zero attached hydrogens (tertiary/aromatic N) is 2. The van der Waals surface area contributed by atoms with E-state index in [1.807, 2.05) is 34.1 Å². The molecule has 1 N–H and O–H groups in total. The summed E-state index contributed by atoms with van der Waals surface area (Å²) in [7, 11) is 1.62. The van der Waals surface area contributed by atoms with Crippen LogP contribution < -0.4 is 14.8 Å². The molecule has 0 saturated carbocycles. The monoisotopic (exact) mass is 361 g/mol. The highest BCUT2D eigenvalue weighted by molar-refractivity contribution is 5.80. The highest BCUT2D eigenvalue weighted by Crippen LogP contribution is 2.19. The molecule has 1 aromatic carbocycles. The standard InChI is InChI=1S/C19H27N3O4/c1-25-16-4-6-17(7-5-16)26-12-8-18(23)21-10-2-3-15(14-21)22-11-9-20-13-19(22)24/h4-7,15,20H,2-3,8-14H2,1H3. The third kappa shape index (κ3) is 4.66. The molecule has 26 heavy (non-hydrogen) atoms. The maximum absolute atomic E-state index is 12.5. The number of benzene rings is 1. The molecule has 2 amide bonds. The Morgan fingerprint density at radius 2 is 2.00 bits per heavy atom. The van der Waals surface area contributed by atoms with Gasteiger partial charge in [-0.25, -0.2) is 0 Å². The van der Waals surface area contributed by atoms with Crippen molar-refractivity contribution < 1.29 is 19.1 Å². The van der Waals surface area contributed by atoms with E-state index in [9.17, 15) is 9.59 Å². The first kappa shape index (κ1) is 18.5. The molecule has 0 spiro atoms. The first-order valence-electron chi connectivity index (χ1n) is 9.22. The smallest absolute Gasteiger partial charge is 0.236 e. The lowest BCUT2D eigenvalue weighted by Gasteiger charge is -2.41. The number of carbonyl (C=O) groups is 2. The maximum atomic E-state index is 12.5. The van der Waals surface area contributed by atoms with Gasteiger partial charge in [-0.05, 0) is 37.1 Å². The van der Waals surface area contributed by atoms with Crippen LogP contribution in [0.25, 0.3) is 0 Å². The number of ether oxygens (including phenoxy) is 2. The minimum atomic E-state index is 0.0887. The molecule has 7 heteroatoms. The number of hydrogen-bond acceptors (Lipinski definition) is 5. The average Bonchev–Trinajstić information content (AvgIpc) is 2.69. The molecule has 2 saturated heterocycles. The number of rotatable bonds is 6. The van der Waals surface area contributed by atoms with Gasteiger partial charge in [-0.15, -0.1) is 0 Å². The molecule has 1 aromatic rings. The molecule has 0 radical (unpaired) electrons. The minimum Gasteiger partial charge on any atom is -0.497 e. The van der Waals surface area contributed by atoms with E-state index in [-0.39, 0.29) is 17.9 Å². The van der Waals surface area contributed by atoms with E-state index in [4.69, 9.17) is 9.47 Å². The molecular formula is C19H27N3O4. The van der Waals surface area contributed by atoms with Crippen LogP contribution in [0.1, 0.15) is 19.3 Å². The first-order chi connectivity index (χ1) is 12.7. The molecule has 0 bridgehead atoms. The summed E-state index contributed by atoms with van der Waals surface area (Å²) in [5.74, 6) is 1.72. The molecule has 3 rings (SSSR count). The second kappa shape index (κ2) is 8.89. The molecule has 2 aliphatic heterocycles. The van der Waals surface area contributed by atoms with Gasteiger partial charge in [-0.3, -0.25) is 9.59 Å². The van der Waals surface area contributed by atoms with Gasteiger partial charge in [0, 0.05) is 32.2 Å². The Bertz CT molecular complexity index is 620. The van der Waals surface area contributed by atoms with Gasteiger partial charge in [0.05, 0.1) is 26.7 Å². The quantitative estimate of drug-likeness (QED) is 0.815. The fourth-order valence-corrected chi connectivity index (χ4v) is 3.53. The van der Waals surface area contributed by atoms with Gasteiger partial charge >= 0.3 is 0 Å². The molecule has 0 aromatic heterocycles. The van der Waals surface area contributed by atoms with Gasteiger partial charge in [0.1, 0.15) is 11.5 Å². The summed E-state index contributed by atoms with van der Waals surface area (Å²) < 4.78 is 10.8. The molecule has 2 aliphatic rings. The van der Waals surface area contributed by atoms with E-state index in [0.29, 0.717) is 26.1 Å². The van der Waals surface area contributed by atoms with Crippen molar-refractivity contribution in [3.63, 3.8) is 0 Å². The minimum absolute atomic E-state index is 0.0887. The third-order valence-electron chi connectivity index (χ3n) is 4.96. The number of piperidine rings is 1. The molecular weight excluding hydrogens is 334 g/mol. The number of piperazine rings is 1. The highest BCUT2D eigenvalue weighted by Gasteiger charge is 2.31. The fourth-order valence-electron chi connectivity index (χ4n) is 3.53. The van der Waals surface area contributed by atoms with E-state index in [0.717, 1.165) is 44.0 Å². The van der Waals surface area contributed by atoms with Crippen molar-refractivity contribution >= 4 is 11.8 Å². The fraction of sp³-hybridized carbons (Fsp3) is 0.579. The number of amides is 2. The van der Waals surface area contributed by atoms with Crippen LogP contribution in [0.5, 0.6) is 11.5 Å². The van der Waals surface area contributed by atoms with Crippen LogP contribution in [0, 0.1) is 0 Å². The van der Waals surface area contributed by atoms with Crippen LogP contribution in [-0.2, 0) is 9.59 Å². The number of carbonyl (C=O) groups excluding carboxylic acids is 2. The summed E-state index contributed by atoms with van der Waals surface area (Å²) in [6, 6.07) is 7.46. The van der Waals surface area contributed by atoms with Crippen molar-refractivity contribution in [1.82, 2.24) is 15.1 Å². The molecule has 142 valence electrons. The second-order valence-electron chi connectivity index (χ2n) is 6.67. The summed E-state index contributed by atoms with van der Waals surface area (Å²) >= 11 is 0. The lowest BCUT2D eigenvalue weighted by Crippen LogP contribution is -2.57. The molecule has 1 unspecified atom stereocenters. The van der Waals surface area contributed by atoms with E-state index in [1.54, 1.807) is 7.11 Å². The summed E-state index contributed by atoms with van der Waals surface area (Å²) in [6.07, 6.45) is 2.25. The van der Waals surface area contributed by atoms with Crippen LogP contribution in [0.15, 0.2) is 24.3 Å². The van der Waals surface area contributed by atoms with Gasteiger partial charge in [0.2, 0.25) is 11.8 Å². The van der Waals surface area contributed by atoms with Gasteiger partial charge in [-0.2, -0.15) is 0 Å². The zero-order chi connectivity index (χ0) is 18.4. The normalized spacial score (nSPS) is 20.8. The summed E-state index contributed by atoms with van der Waals surface area (Å²) in [5, 5.41) is 3.09. The largest absolute Gasteiger partial charge is 0.497 e. The van der Waals surface area contributed by atoms with E-state index in [2.05, 4.69) is 5.32 Å². The lowest BCUT2D eigenvalue weighted by atomic mass is 10.0. The van der Waals surface area contributed by atoms with Crippen LogP contribution in [-0.4, -0.2) is 74.1 Å². The van der Waals surface area contributed by atoms with Crippen molar-refractivity contribution in [3.05, 3.63) is 24.3 Å². The van der Waals surface area contributed by atoms with Crippen LogP contribution in [0.3, 0.4) is 0 Å². The van der Waals surface area contributed by atoms with Gasteiger partial charge in [0.25, 0.3) is 0 Å². The topological polar surface area (TPSA) is 71.1 Å². The molecule has 7 nitrogen and oxygen atoms in total. The summed E-state index contributed by atoms with van der Waals surface area (Å²) in [5.41, 5.74) is 0. The summed E-state index contributed by atoms with van der Waals surface area (Å²) in [4.78, 5) is 28.4. The number of nitrogens with one attached hydrogen (secondary N) is 1. The van der Waals surface area contributed by atoms with Crippen molar-refractivity contribution in [1.29, 1.82) is 0 Å². The number of likely N-dealkylation sites (tertiary alicyclic amines) is 1. The lowest BCUT2D eigenvalue weighted by molar-refractivity contribution is -0.140. The Kier molecular flexibility index (Phi) is 6.33. The van der Waals surface area contributed by atoms with E-state index >= 15 is 0 Å². The zero-order valence-electron chi connectivity index (χ0n) is 15.3. The Morgan fingerprint density at radius 3 is 2.73 bits per heavy atom. The maximum Gasteiger partial charge on any atom is 0.236 e. The zero-order valence-corrected chi connectivity index (χ0v) is 15.3.